The Morgan fingerprint density at radius 2 is 1.73 bits per heavy atom. The van der Waals surface area contributed by atoms with Gasteiger partial charge in [-0.15, -0.1) is 0 Å². The maximum Gasteiger partial charge on any atom is 0.117 e. The fraction of sp³-hybridized carbons (Fsp3) is 0.235. The first-order chi connectivity index (χ1) is 10.9. The predicted molar refractivity (Wildman–Crippen MR) is 85.9 cm³/mol. The first-order valence-electron chi connectivity index (χ1n) is 7.46. The van der Waals surface area contributed by atoms with Crippen LogP contribution >= 0.6 is 0 Å². The SMILES string of the molecule is CCn1nc(CNCc2ccncc2)c(-c2ccccc2)n1. The summed E-state index contributed by atoms with van der Waals surface area (Å²) in [6.07, 6.45) is 3.61. The summed E-state index contributed by atoms with van der Waals surface area (Å²) < 4.78 is 0. The molecule has 0 saturated carbocycles. The molecule has 0 saturated heterocycles. The normalized spacial score (nSPS) is 10.8. The van der Waals surface area contributed by atoms with Gasteiger partial charge in [-0.05, 0) is 24.6 Å². The Labute approximate surface area is 130 Å². The van der Waals surface area contributed by atoms with Crippen molar-refractivity contribution in [2.24, 2.45) is 0 Å². The fourth-order valence-corrected chi connectivity index (χ4v) is 2.29. The van der Waals surface area contributed by atoms with Gasteiger partial charge < -0.3 is 5.32 Å². The van der Waals surface area contributed by atoms with E-state index < -0.39 is 0 Å². The summed E-state index contributed by atoms with van der Waals surface area (Å²) in [4.78, 5) is 5.77. The lowest BCUT2D eigenvalue weighted by molar-refractivity contribution is 0.558. The summed E-state index contributed by atoms with van der Waals surface area (Å²) in [6, 6.07) is 14.2. The molecule has 0 bridgehead atoms. The van der Waals surface area contributed by atoms with Crippen LogP contribution in [0.1, 0.15) is 18.2 Å². The van der Waals surface area contributed by atoms with E-state index in [0.717, 1.165) is 30.0 Å². The molecule has 0 unspecified atom stereocenters. The van der Waals surface area contributed by atoms with Gasteiger partial charge in [-0.25, -0.2) is 0 Å². The van der Waals surface area contributed by atoms with E-state index in [9.17, 15) is 0 Å². The van der Waals surface area contributed by atoms with Crippen molar-refractivity contribution in [1.29, 1.82) is 0 Å². The van der Waals surface area contributed by atoms with Crippen molar-refractivity contribution >= 4 is 0 Å². The number of nitrogens with zero attached hydrogens (tertiary/aromatic N) is 4. The molecule has 22 heavy (non-hydrogen) atoms. The van der Waals surface area contributed by atoms with Gasteiger partial charge in [0.1, 0.15) is 11.4 Å². The Hall–Kier alpha value is -2.53. The molecule has 1 N–H and O–H groups in total. The van der Waals surface area contributed by atoms with Gasteiger partial charge in [-0.3, -0.25) is 4.98 Å². The van der Waals surface area contributed by atoms with Gasteiger partial charge in [0.25, 0.3) is 0 Å². The average Bonchev–Trinajstić information content (AvgIpc) is 3.00. The molecular formula is C17H19N5. The number of pyridine rings is 1. The van der Waals surface area contributed by atoms with Crippen molar-refractivity contribution in [3.63, 3.8) is 0 Å². The van der Waals surface area contributed by atoms with Gasteiger partial charge in [-0.2, -0.15) is 15.0 Å². The largest absolute Gasteiger partial charge is 0.307 e. The molecule has 0 aliphatic heterocycles. The number of nitrogens with one attached hydrogen (secondary N) is 1. The Kier molecular flexibility index (Phi) is 4.56. The van der Waals surface area contributed by atoms with Crippen LogP contribution in [0.25, 0.3) is 11.3 Å². The highest BCUT2D eigenvalue weighted by Gasteiger charge is 2.12. The van der Waals surface area contributed by atoms with Crippen LogP contribution in [0.4, 0.5) is 0 Å². The van der Waals surface area contributed by atoms with Crippen LogP contribution in [0.2, 0.25) is 0 Å². The fourth-order valence-electron chi connectivity index (χ4n) is 2.29. The molecule has 0 spiro atoms. The molecule has 0 radical (unpaired) electrons. The van der Waals surface area contributed by atoms with Crippen LogP contribution in [-0.2, 0) is 19.6 Å². The third-order valence-corrected chi connectivity index (χ3v) is 3.43. The molecule has 3 aromatic rings. The smallest absolute Gasteiger partial charge is 0.117 e. The Morgan fingerprint density at radius 1 is 0.955 bits per heavy atom. The van der Waals surface area contributed by atoms with E-state index in [0.29, 0.717) is 6.54 Å². The first kappa shape index (κ1) is 14.4. The van der Waals surface area contributed by atoms with E-state index in [4.69, 9.17) is 0 Å². The van der Waals surface area contributed by atoms with Crippen molar-refractivity contribution in [2.45, 2.75) is 26.6 Å². The van der Waals surface area contributed by atoms with E-state index in [1.54, 1.807) is 17.2 Å². The summed E-state index contributed by atoms with van der Waals surface area (Å²) in [5.74, 6) is 0. The number of hydrogen-bond donors (Lipinski definition) is 1. The molecular weight excluding hydrogens is 274 g/mol. The molecule has 0 aliphatic carbocycles. The monoisotopic (exact) mass is 293 g/mol. The summed E-state index contributed by atoms with van der Waals surface area (Å²) in [7, 11) is 0. The lowest BCUT2D eigenvalue weighted by atomic mass is 10.1. The van der Waals surface area contributed by atoms with Crippen LogP contribution in [-0.4, -0.2) is 20.0 Å². The van der Waals surface area contributed by atoms with Crippen LogP contribution in [0.15, 0.2) is 54.9 Å². The Morgan fingerprint density at radius 3 is 2.45 bits per heavy atom. The van der Waals surface area contributed by atoms with E-state index >= 15 is 0 Å². The minimum Gasteiger partial charge on any atom is -0.307 e. The van der Waals surface area contributed by atoms with Crippen molar-refractivity contribution in [3.05, 3.63) is 66.1 Å². The molecule has 0 fully saturated rings. The maximum atomic E-state index is 4.58. The van der Waals surface area contributed by atoms with Gasteiger partial charge in [0, 0.05) is 31.0 Å². The van der Waals surface area contributed by atoms with Crippen LogP contribution < -0.4 is 5.32 Å². The zero-order chi connectivity index (χ0) is 15.2. The predicted octanol–water partition coefficient (Wildman–Crippen LogP) is 2.65. The second kappa shape index (κ2) is 6.95. The molecule has 0 atom stereocenters. The van der Waals surface area contributed by atoms with Gasteiger partial charge in [0.05, 0.1) is 6.54 Å². The summed E-state index contributed by atoms with van der Waals surface area (Å²) in [5, 5.41) is 12.6. The van der Waals surface area contributed by atoms with Gasteiger partial charge >= 0.3 is 0 Å². The highest BCUT2D eigenvalue weighted by atomic mass is 15.5. The van der Waals surface area contributed by atoms with E-state index in [2.05, 4.69) is 32.6 Å². The molecule has 2 heterocycles. The quantitative estimate of drug-likeness (QED) is 0.759. The van der Waals surface area contributed by atoms with E-state index in [1.807, 2.05) is 37.3 Å². The minimum atomic E-state index is 0.687. The second-order valence-corrected chi connectivity index (χ2v) is 5.01. The number of rotatable bonds is 6. The van der Waals surface area contributed by atoms with Crippen LogP contribution in [0, 0.1) is 0 Å². The summed E-state index contributed by atoms with van der Waals surface area (Å²) in [6.45, 7) is 4.29. The number of aryl methyl sites for hydroxylation is 1. The summed E-state index contributed by atoms with van der Waals surface area (Å²) >= 11 is 0. The van der Waals surface area contributed by atoms with Gasteiger partial charge in [-0.1, -0.05) is 30.3 Å². The molecule has 112 valence electrons. The minimum absolute atomic E-state index is 0.687. The first-order valence-corrected chi connectivity index (χ1v) is 7.46. The molecule has 5 nitrogen and oxygen atoms in total. The molecule has 2 aromatic heterocycles. The highest BCUT2D eigenvalue weighted by molar-refractivity contribution is 5.60. The summed E-state index contributed by atoms with van der Waals surface area (Å²) in [5.41, 5.74) is 4.23. The third-order valence-electron chi connectivity index (χ3n) is 3.43. The van der Waals surface area contributed by atoms with Crippen molar-refractivity contribution in [3.8, 4) is 11.3 Å². The second-order valence-electron chi connectivity index (χ2n) is 5.01. The topological polar surface area (TPSA) is 55.6 Å². The number of aromatic nitrogens is 4. The van der Waals surface area contributed by atoms with Gasteiger partial charge in [0.2, 0.25) is 0 Å². The average molecular weight is 293 g/mol. The van der Waals surface area contributed by atoms with Crippen molar-refractivity contribution in [1.82, 2.24) is 25.3 Å². The lowest BCUT2D eigenvalue weighted by Crippen LogP contribution is -2.14. The molecule has 0 aliphatic rings. The maximum absolute atomic E-state index is 4.58. The van der Waals surface area contributed by atoms with Crippen LogP contribution in [0.3, 0.4) is 0 Å². The molecule has 0 amide bonds. The van der Waals surface area contributed by atoms with E-state index in [-0.39, 0.29) is 0 Å². The van der Waals surface area contributed by atoms with Crippen molar-refractivity contribution in [2.75, 3.05) is 0 Å². The van der Waals surface area contributed by atoms with Crippen molar-refractivity contribution < 1.29 is 0 Å². The van der Waals surface area contributed by atoms with Crippen LogP contribution in [0.5, 0.6) is 0 Å². The third kappa shape index (κ3) is 3.38. The van der Waals surface area contributed by atoms with E-state index in [1.165, 1.54) is 5.56 Å². The zero-order valence-corrected chi connectivity index (χ0v) is 12.6. The highest BCUT2D eigenvalue weighted by Crippen LogP contribution is 2.19. The Bertz CT molecular complexity index is 706. The molecule has 3 rings (SSSR count). The lowest BCUT2D eigenvalue weighted by Gasteiger charge is -2.04. The Balaban J connectivity index is 1.74. The number of hydrogen-bond acceptors (Lipinski definition) is 4. The number of benzene rings is 1. The zero-order valence-electron chi connectivity index (χ0n) is 12.6. The molecule has 1 aromatic carbocycles. The van der Waals surface area contributed by atoms with Gasteiger partial charge in [0.15, 0.2) is 0 Å². The molecule has 5 heteroatoms. The standard InChI is InChI=1S/C17H19N5/c1-2-22-20-16(13-19-12-14-8-10-18-11-9-14)17(21-22)15-6-4-3-5-7-15/h3-11,19H,2,12-13H2,1H3.